The second kappa shape index (κ2) is 7.25. The first-order valence-electron chi connectivity index (χ1n) is 6.04. The third kappa shape index (κ3) is 4.69. The van der Waals surface area contributed by atoms with E-state index in [1.165, 1.54) is 7.05 Å². The van der Waals surface area contributed by atoms with Gasteiger partial charge in [0.2, 0.25) is 5.91 Å². The zero-order chi connectivity index (χ0) is 15.1. The van der Waals surface area contributed by atoms with Crippen LogP contribution in [0, 0.1) is 0 Å². The molecule has 0 heterocycles. The standard InChI is InChI=1S/C13H17N3O4/c1-15-12(19)8-2-4-9(5-3-8)16-13(20)10(14)6-7-11(17)18/h2-5,10H,6-7,14H2,1H3,(H,15,19)(H,16,20)(H,17,18). The third-order valence-electron chi connectivity index (χ3n) is 2.65. The van der Waals surface area contributed by atoms with Gasteiger partial charge in [-0.15, -0.1) is 0 Å². The average Bonchev–Trinajstić information content (AvgIpc) is 2.44. The number of anilines is 1. The van der Waals surface area contributed by atoms with Gasteiger partial charge in [-0.05, 0) is 30.7 Å². The van der Waals surface area contributed by atoms with E-state index in [1.807, 2.05) is 0 Å². The van der Waals surface area contributed by atoms with Crippen LogP contribution < -0.4 is 16.4 Å². The van der Waals surface area contributed by atoms with Crippen LogP contribution in [0.15, 0.2) is 24.3 Å². The van der Waals surface area contributed by atoms with Crippen molar-refractivity contribution in [3.8, 4) is 0 Å². The molecular weight excluding hydrogens is 262 g/mol. The fourth-order valence-corrected chi connectivity index (χ4v) is 1.49. The fraction of sp³-hybridized carbons (Fsp3) is 0.308. The van der Waals surface area contributed by atoms with Crippen molar-refractivity contribution in [3.05, 3.63) is 29.8 Å². The van der Waals surface area contributed by atoms with Crippen LogP contribution >= 0.6 is 0 Å². The van der Waals surface area contributed by atoms with Crippen LogP contribution in [0.2, 0.25) is 0 Å². The highest BCUT2D eigenvalue weighted by Gasteiger charge is 2.15. The summed E-state index contributed by atoms with van der Waals surface area (Å²) in [5.74, 6) is -1.68. The van der Waals surface area contributed by atoms with Gasteiger partial charge in [0, 0.05) is 24.7 Å². The molecule has 20 heavy (non-hydrogen) atoms. The molecule has 0 saturated carbocycles. The molecule has 0 aromatic heterocycles. The Hall–Kier alpha value is -2.41. The van der Waals surface area contributed by atoms with Gasteiger partial charge in [-0.1, -0.05) is 0 Å². The zero-order valence-electron chi connectivity index (χ0n) is 11.1. The first-order valence-corrected chi connectivity index (χ1v) is 6.04. The van der Waals surface area contributed by atoms with E-state index in [9.17, 15) is 14.4 Å². The molecule has 0 fully saturated rings. The van der Waals surface area contributed by atoms with Gasteiger partial charge in [0.25, 0.3) is 5.91 Å². The Morgan fingerprint density at radius 2 is 1.85 bits per heavy atom. The predicted octanol–water partition coefficient (Wildman–Crippen LogP) is 0.177. The number of carbonyl (C=O) groups is 3. The maximum atomic E-state index is 11.7. The fourth-order valence-electron chi connectivity index (χ4n) is 1.49. The van der Waals surface area contributed by atoms with Crippen LogP contribution in [0.4, 0.5) is 5.69 Å². The summed E-state index contributed by atoms with van der Waals surface area (Å²) >= 11 is 0. The molecule has 5 N–H and O–H groups in total. The summed E-state index contributed by atoms with van der Waals surface area (Å²) in [5.41, 5.74) is 6.54. The van der Waals surface area contributed by atoms with Gasteiger partial charge in [0.1, 0.15) is 0 Å². The minimum absolute atomic E-state index is 0.0670. The van der Waals surface area contributed by atoms with Crippen LogP contribution in [0.3, 0.4) is 0 Å². The van der Waals surface area contributed by atoms with E-state index in [-0.39, 0.29) is 18.7 Å². The monoisotopic (exact) mass is 279 g/mol. The minimum atomic E-state index is -0.997. The van der Waals surface area contributed by atoms with Crippen molar-refractivity contribution in [3.63, 3.8) is 0 Å². The van der Waals surface area contributed by atoms with Crippen LogP contribution in [0.25, 0.3) is 0 Å². The molecule has 0 aliphatic rings. The molecule has 0 saturated heterocycles. The number of carboxylic acids is 1. The molecule has 1 aromatic carbocycles. The minimum Gasteiger partial charge on any atom is -0.481 e. The van der Waals surface area contributed by atoms with E-state index < -0.39 is 17.9 Å². The van der Waals surface area contributed by atoms with Crippen molar-refractivity contribution in [1.82, 2.24) is 5.32 Å². The average molecular weight is 279 g/mol. The summed E-state index contributed by atoms with van der Waals surface area (Å²) in [6.07, 6.45) is -0.0955. The summed E-state index contributed by atoms with van der Waals surface area (Å²) in [5, 5.41) is 13.6. The van der Waals surface area contributed by atoms with Crippen molar-refractivity contribution in [2.45, 2.75) is 18.9 Å². The number of nitrogens with two attached hydrogens (primary N) is 1. The molecule has 108 valence electrons. The molecule has 2 amide bonds. The summed E-state index contributed by atoms with van der Waals surface area (Å²) < 4.78 is 0. The maximum absolute atomic E-state index is 11.7. The highest BCUT2D eigenvalue weighted by molar-refractivity contribution is 5.97. The van der Waals surface area contributed by atoms with Crippen LogP contribution in [-0.4, -0.2) is 36.0 Å². The molecule has 1 atom stereocenters. The van der Waals surface area contributed by atoms with Crippen LogP contribution in [0.1, 0.15) is 23.2 Å². The summed E-state index contributed by atoms with van der Waals surface area (Å²) in [4.78, 5) is 33.4. The SMILES string of the molecule is CNC(=O)c1ccc(NC(=O)C(N)CCC(=O)O)cc1. The molecule has 1 rings (SSSR count). The van der Waals surface area contributed by atoms with Gasteiger partial charge in [0.05, 0.1) is 6.04 Å². The largest absolute Gasteiger partial charge is 0.481 e. The van der Waals surface area contributed by atoms with E-state index >= 15 is 0 Å². The molecule has 1 aromatic rings. The van der Waals surface area contributed by atoms with Gasteiger partial charge < -0.3 is 21.5 Å². The molecule has 7 nitrogen and oxygen atoms in total. The number of hydrogen-bond donors (Lipinski definition) is 4. The quantitative estimate of drug-likeness (QED) is 0.591. The van der Waals surface area contributed by atoms with Gasteiger partial charge in [0.15, 0.2) is 0 Å². The van der Waals surface area contributed by atoms with Gasteiger partial charge in [-0.2, -0.15) is 0 Å². The first-order chi connectivity index (χ1) is 9.43. The van der Waals surface area contributed by atoms with Crippen molar-refractivity contribution in [2.24, 2.45) is 5.73 Å². The number of rotatable bonds is 6. The Kier molecular flexibility index (Phi) is 5.67. The van der Waals surface area contributed by atoms with E-state index in [2.05, 4.69) is 10.6 Å². The molecule has 7 heteroatoms. The normalized spacial score (nSPS) is 11.5. The van der Waals surface area contributed by atoms with E-state index in [0.29, 0.717) is 11.3 Å². The van der Waals surface area contributed by atoms with Gasteiger partial charge >= 0.3 is 5.97 Å². The van der Waals surface area contributed by atoms with Crippen molar-refractivity contribution in [2.75, 3.05) is 12.4 Å². The second-order valence-corrected chi connectivity index (χ2v) is 4.18. The Bertz CT molecular complexity index is 499. The topological polar surface area (TPSA) is 122 Å². The number of carbonyl (C=O) groups excluding carboxylic acids is 2. The summed E-state index contributed by atoms with van der Waals surface area (Å²) in [6.45, 7) is 0. The molecule has 0 radical (unpaired) electrons. The lowest BCUT2D eigenvalue weighted by Crippen LogP contribution is -2.36. The highest BCUT2D eigenvalue weighted by Crippen LogP contribution is 2.10. The summed E-state index contributed by atoms with van der Waals surface area (Å²) in [6, 6.07) is 5.40. The van der Waals surface area contributed by atoms with E-state index in [0.717, 1.165) is 0 Å². The van der Waals surface area contributed by atoms with Crippen molar-refractivity contribution >= 4 is 23.5 Å². The predicted molar refractivity (Wildman–Crippen MR) is 73.3 cm³/mol. The molecule has 0 aliphatic heterocycles. The summed E-state index contributed by atoms with van der Waals surface area (Å²) in [7, 11) is 1.53. The highest BCUT2D eigenvalue weighted by atomic mass is 16.4. The molecule has 0 spiro atoms. The Morgan fingerprint density at radius 3 is 2.35 bits per heavy atom. The zero-order valence-corrected chi connectivity index (χ0v) is 11.1. The second-order valence-electron chi connectivity index (χ2n) is 4.18. The van der Waals surface area contributed by atoms with Crippen LogP contribution in [0.5, 0.6) is 0 Å². The maximum Gasteiger partial charge on any atom is 0.303 e. The third-order valence-corrected chi connectivity index (χ3v) is 2.65. The van der Waals surface area contributed by atoms with Gasteiger partial charge in [-0.3, -0.25) is 14.4 Å². The first kappa shape index (κ1) is 15.6. The molecular formula is C13H17N3O4. The van der Waals surface area contributed by atoms with Crippen molar-refractivity contribution < 1.29 is 19.5 Å². The number of carboxylic acid groups (broad SMARTS) is 1. The smallest absolute Gasteiger partial charge is 0.303 e. The van der Waals surface area contributed by atoms with Crippen molar-refractivity contribution in [1.29, 1.82) is 0 Å². The van der Waals surface area contributed by atoms with E-state index in [1.54, 1.807) is 24.3 Å². The number of benzene rings is 1. The molecule has 0 bridgehead atoms. The lowest BCUT2D eigenvalue weighted by atomic mass is 10.1. The van der Waals surface area contributed by atoms with Gasteiger partial charge in [-0.25, -0.2) is 0 Å². The lowest BCUT2D eigenvalue weighted by molar-refractivity contribution is -0.137. The Morgan fingerprint density at radius 1 is 1.25 bits per heavy atom. The Balaban J connectivity index is 2.57. The van der Waals surface area contributed by atoms with E-state index in [4.69, 9.17) is 10.8 Å². The number of aliphatic carboxylic acids is 1. The number of nitrogens with one attached hydrogen (secondary N) is 2. The number of amides is 2. The lowest BCUT2D eigenvalue weighted by Gasteiger charge is -2.11. The number of hydrogen-bond acceptors (Lipinski definition) is 4. The van der Waals surface area contributed by atoms with Crippen LogP contribution in [-0.2, 0) is 9.59 Å². The Labute approximate surface area is 116 Å². The molecule has 0 aliphatic carbocycles. The molecule has 1 unspecified atom stereocenters.